The van der Waals surface area contributed by atoms with E-state index in [1.54, 1.807) is 0 Å². The van der Waals surface area contributed by atoms with Crippen molar-refractivity contribution in [3.63, 3.8) is 0 Å². The van der Waals surface area contributed by atoms with Crippen molar-refractivity contribution in [2.24, 2.45) is 5.10 Å². The summed E-state index contributed by atoms with van der Waals surface area (Å²) in [5.74, 6) is -1.10. The van der Waals surface area contributed by atoms with Gasteiger partial charge < -0.3 is 5.32 Å². The molecule has 0 aromatic heterocycles. The summed E-state index contributed by atoms with van der Waals surface area (Å²) in [6.07, 6.45) is 0.972. The second-order valence-electron chi connectivity index (χ2n) is 7.25. The Balaban J connectivity index is 1.62. The molecule has 0 aliphatic carbocycles. The summed E-state index contributed by atoms with van der Waals surface area (Å²) in [4.78, 5) is 25.2. The van der Waals surface area contributed by atoms with Crippen molar-refractivity contribution >= 4 is 17.5 Å². The lowest BCUT2D eigenvalue weighted by atomic mass is 9.90. The molecule has 3 aromatic carbocycles. The second-order valence-corrected chi connectivity index (χ2v) is 7.25. The molecule has 0 fully saturated rings. The summed E-state index contributed by atoms with van der Waals surface area (Å²) < 4.78 is 0. The van der Waals surface area contributed by atoms with E-state index in [0.29, 0.717) is 5.71 Å². The molecule has 2 amide bonds. The molecule has 0 aliphatic rings. The van der Waals surface area contributed by atoms with Gasteiger partial charge in [-0.15, -0.1) is 0 Å². The van der Waals surface area contributed by atoms with Crippen LogP contribution in [-0.2, 0) is 16.0 Å². The second kappa shape index (κ2) is 10.9. The lowest BCUT2D eigenvalue weighted by Crippen LogP contribution is -2.38. The van der Waals surface area contributed by atoms with E-state index < -0.39 is 5.92 Å². The highest BCUT2D eigenvalue weighted by molar-refractivity contribution is 5.99. The highest BCUT2D eigenvalue weighted by Gasteiger charge is 2.22. The van der Waals surface area contributed by atoms with E-state index in [1.165, 1.54) is 5.56 Å². The first kappa shape index (κ1) is 22.0. The first-order valence-electron chi connectivity index (χ1n) is 10.4. The molecule has 5 heteroatoms. The van der Waals surface area contributed by atoms with Gasteiger partial charge in [0.2, 0.25) is 5.91 Å². The molecule has 5 nitrogen and oxygen atoms in total. The molecule has 3 aromatic rings. The molecule has 0 aliphatic heterocycles. The number of benzene rings is 3. The summed E-state index contributed by atoms with van der Waals surface area (Å²) in [5, 5.41) is 6.89. The predicted molar refractivity (Wildman–Crippen MR) is 124 cm³/mol. The Labute approximate surface area is 183 Å². The first-order valence-corrected chi connectivity index (χ1v) is 10.4. The van der Waals surface area contributed by atoms with Gasteiger partial charge in [-0.05, 0) is 35.6 Å². The molecule has 0 radical (unpaired) electrons. The van der Waals surface area contributed by atoms with Crippen LogP contribution >= 0.6 is 0 Å². The first-order chi connectivity index (χ1) is 15.1. The van der Waals surface area contributed by atoms with Crippen LogP contribution in [0.25, 0.3) is 0 Å². The smallest absolute Gasteiger partial charge is 0.259 e. The number of rotatable bonds is 8. The molecule has 2 N–H and O–H groups in total. The van der Waals surface area contributed by atoms with Gasteiger partial charge >= 0.3 is 0 Å². The van der Waals surface area contributed by atoms with Gasteiger partial charge in [0.25, 0.3) is 5.91 Å². The van der Waals surface area contributed by atoms with Crippen molar-refractivity contribution in [1.82, 2.24) is 10.7 Å². The number of nitrogens with one attached hydrogen (secondary N) is 2. The Kier molecular flexibility index (Phi) is 7.71. The zero-order chi connectivity index (χ0) is 22.1. The zero-order valence-corrected chi connectivity index (χ0v) is 17.8. The molecule has 158 valence electrons. The molecule has 0 spiro atoms. The van der Waals surface area contributed by atoms with Crippen LogP contribution in [0, 0.1) is 0 Å². The van der Waals surface area contributed by atoms with Gasteiger partial charge in [-0.3, -0.25) is 9.59 Å². The highest BCUT2D eigenvalue weighted by Crippen LogP contribution is 2.24. The van der Waals surface area contributed by atoms with Crippen LogP contribution in [0.2, 0.25) is 0 Å². The molecule has 31 heavy (non-hydrogen) atoms. The number of hydrogen-bond donors (Lipinski definition) is 2. The maximum absolute atomic E-state index is 12.9. The highest BCUT2D eigenvalue weighted by atomic mass is 16.2. The van der Waals surface area contributed by atoms with Gasteiger partial charge in [0, 0.05) is 0 Å². The largest absolute Gasteiger partial charge is 0.346 e. The van der Waals surface area contributed by atoms with Gasteiger partial charge in [0.15, 0.2) is 0 Å². The summed E-state index contributed by atoms with van der Waals surface area (Å²) in [6, 6.07) is 27.1. The van der Waals surface area contributed by atoms with Gasteiger partial charge in [-0.1, -0.05) is 91.9 Å². The number of amides is 2. The van der Waals surface area contributed by atoms with Crippen molar-refractivity contribution in [3.05, 3.63) is 107 Å². The number of carbonyl (C=O) groups excluding carboxylic acids is 2. The molecule has 0 saturated carbocycles. The number of hydrazone groups is 1. The summed E-state index contributed by atoms with van der Waals surface area (Å²) >= 11 is 0. The normalized spacial score (nSPS) is 11.3. The Hall–Kier alpha value is -3.73. The summed E-state index contributed by atoms with van der Waals surface area (Å²) in [6.45, 7) is 3.78. The maximum Gasteiger partial charge on any atom is 0.259 e. The van der Waals surface area contributed by atoms with Crippen LogP contribution in [-0.4, -0.2) is 24.1 Å². The lowest BCUT2D eigenvalue weighted by Gasteiger charge is -2.17. The quantitative estimate of drug-likeness (QED) is 0.432. The van der Waals surface area contributed by atoms with Gasteiger partial charge in [0.05, 0.1) is 18.2 Å². The minimum Gasteiger partial charge on any atom is -0.346 e. The Morgan fingerprint density at radius 2 is 1.39 bits per heavy atom. The van der Waals surface area contributed by atoms with Crippen LogP contribution in [0.3, 0.4) is 0 Å². The van der Waals surface area contributed by atoms with Crippen LogP contribution in [0.1, 0.15) is 42.0 Å². The Morgan fingerprint density at radius 1 is 0.839 bits per heavy atom. The fraction of sp³-hybridized carbons (Fsp3) is 0.192. The van der Waals surface area contributed by atoms with Gasteiger partial charge in [-0.25, -0.2) is 5.43 Å². The van der Waals surface area contributed by atoms with E-state index in [-0.39, 0.29) is 18.4 Å². The summed E-state index contributed by atoms with van der Waals surface area (Å²) in [7, 11) is 0. The fourth-order valence-electron chi connectivity index (χ4n) is 3.29. The maximum atomic E-state index is 12.9. The molecular weight excluding hydrogens is 386 g/mol. The topological polar surface area (TPSA) is 70.6 Å². The van der Waals surface area contributed by atoms with Gasteiger partial charge in [0.1, 0.15) is 0 Å². The van der Waals surface area contributed by atoms with Crippen LogP contribution < -0.4 is 10.7 Å². The molecule has 0 unspecified atom stereocenters. The Morgan fingerprint density at radius 3 is 1.90 bits per heavy atom. The van der Waals surface area contributed by atoms with Crippen molar-refractivity contribution in [2.75, 3.05) is 6.54 Å². The average molecular weight is 414 g/mol. The standard InChI is InChI=1S/C26H27N3O2/c1-3-20-14-16-21(17-15-20)19(2)28-29-24(30)18-27-26(31)25(22-10-6-4-7-11-22)23-12-8-5-9-13-23/h4-17,25H,3,18H2,1-2H3,(H,27,31)(H,29,30)/b28-19+. The third kappa shape index (κ3) is 6.12. The van der Waals surface area contributed by atoms with E-state index in [2.05, 4.69) is 22.8 Å². The Bertz CT molecular complexity index is 990. The van der Waals surface area contributed by atoms with Crippen molar-refractivity contribution in [3.8, 4) is 0 Å². The predicted octanol–water partition coefficient (Wildman–Crippen LogP) is 4.04. The molecule has 0 heterocycles. The summed E-state index contributed by atoms with van der Waals surface area (Å²) in [5.41, 5.74) is 7.15. The zero-order valence-electron chi connectivity index (χ0n) is 17.8. The fourth-order valence-corrected chi connectivity index (χ4v) is 3.29. The molecule has 0 atom stereocenters. The minimum atomic E-state index is -0.488. The van der Waals surface area contributed by atoms with Crippen LogP contribution in [0.4, 0.5) is 0 Å². The number of nitrogens with zero attached hydrogens (tertiary/aromatic N) is 1. The lowest BCUT2D eigenvalue weighted by molar-refractivity contribution is -0.126. The monoisotopic (exact) mass is 413 g/mol. The van der Waals surface area contributed by atoms with E-state index in [1.807, 2.05) is 91.9 Å². The third-order valence-corrected chi connectivity index (χ3v) is 5.08. The van der Waals surface area contributed by atoms with Crippen molar-refractivity contribution < 1.29 is 9.59 Å². The molecule has 3 rings (SSSR count). The average Bonchev–Trinajstić information content (AvgIpc) is 2.83. The number of hydrogen-bond acceptors (Lipinski definition) is 3. The van der Waals surface area contributed by atoms with E-state index in [0.717, 1.165) is 23.1 Å². The molecular formula is C26H27N3O2. The number of aryl methyl sites for hydroxylation is 1. The van der Waals surface area contributed by atoms with Crippen molar-refractivity contribution in [2.45, 2.75) is 26.2 Å². The van der Waals surface area contributed by atoms with Crippen LogP contribution in [0.15, 0.2) is 90.0 Å². The van der Waals surface area contributed by atoms with E-state index in [9.17, 15) is 9.59 Å². The van der Waals surface area contributed by atoms with E-state index >= 15 is 0 Å². The SMILES string of the molecule is CCc1ccc(/C(C)=N/NC(=O)CNC(=O)C(c2ccccc2)c2ccccc2)cc1. The van der Waals surface area contributed by atoms with Crippen molar-refractivity contribution in [1.29, 1.82) is 0 Å². The third-order valence-electron chi connectivity index (χ3n) is 5.08. The molecule has 0 bridgehead atoms. The minimum absolute atomic E-state index is 0.152. The van der Waals surface area contributed by atoms with E-state index in [4.69, 9.17) is 0 Å². The van der Waals surface area contributed by atoms with Crippen LogP contribution in [0.5, 0.6) is 0 Å². The van der Waals surface area contributed by atoms with Gasteiger partial charge in [-0.2, -0.15) is 5.10 Å². The number of carbonyl (C=O) groups is 2. The molecule has 0 saturated heterocycles.